The van der Waals surface area contributed by atoms with Crippen LogP contribution in [0.2, 0.25) is 0 Å². The van der Waals surface area contributed by atoms with Gasteiger partial charge >= 0.3 is 0 Å². The van der Waals surface area contributed by atoms with Crippen molar-refractivity contribution in [2.75, 3.05) is 38.2 Å². The monoisotopic (exact) mass is 438 g/mol. The van der Waals surface area contributed by atoms with E-state index in [0.29, 0.717) is 19.0 Å². The van der Waals surface area contributed by atoms with Gasteiger partial charge in [-0.15, -0.1) is 0 Å². The van der Waals surface area contributed by atoms with Crippen LogP contribution in [0, 0.1) is 10.5 Å². The van der Waals surface area contributed by atoms with Crippen molar-refractivity contribution in [3.63, 3.8) is 0 Å². The third-order valence-corrected chi connectivity index (χ3v) is 5.32. The van der Waals surface area contributed by atoms with E-state index in [1.54, 1.807) is 19.5 Å². The molecular weight excluding hydrogens is 419 g/mol. The molecule has 7 heteroatoms. The molecule has 24 heavy (non-hydrogen) atoms. The number of aryl methyl sites for hydroxylation is 1. The maximum Gasteiger partial charge on any atom is 0.253 e. The van der Waals surface area contributed by atoms with Crippen LogP contribution in [0.3, 0.4) is 0 Å². The summed E-state index contributed by atoms with van der Waals surface area (Å²) >= 11 is 2.28. The largest absolute Gasteiger partial charge is 0.480 e. The molecule has 1 aromatic heterocycles. The lowest BCUT2D eigenvalue weighted by molar-refractivity contribution is 0.0746. The summed E-state index contributed by atoms with van der Waals surface area (Å²) in [5.74, 6) is 1.37. The molecule has 0 N–H and O–H groups in total. The van der Waals surface area contributed by atoms with E-state index in [1.165, 1.54) is 3.57 Å². The smallest absolute Gasteiger partial charge is 0.253 e. The van der Waals surface area contributed by atoms with Crippen LogP contribution in [0.4, 0.5) is 5.82 Å². The van der Waals surface area contributed by atoms with Gasteiger partial charge in [-0.3, -0.25) is 9.78 Å². The van der Waals surface area contributed by atoms with Crippen LogP contribution in [-0.4, -0.2) is 54.1 Å². The Morgan fingerprint density at radius 1 is 1.21 bits per heavy atom. The highest BCUT2D eigenvalue weighted by Gasteiger charge is 2.23. The van der Waals surface area contributed by atoms with Crippen LogP contribution in [-0.2, 0) is 0 Å². The van der Waals surface area contributed by atoms with E-state index < -0.39 is 0 Å². The highest BCUT2D eigenvalue weighted by Crippen LogP contribution is 2.18. The number of ether oxygens (including phenoxy) is 1. The highest BCUT2D eigenvalue weighted by atomic mass is 127. The quantitative estimate of drug-likeness (QED) is 0.689. The summed E-state index contributed by atoms with van der Waals surface area (Å²) in [7, 11) is 1.58. The van der Waals surface area contributed by atoms with Crippen LogP contribution in [0.25, 0.3) is 0 Å². The molecule has 0 radical (unpaired) electrons. The first-order valence-corrected chi connectivity index (χ1v) is 8.83. The first kappa shape index (κ1) is 16.9. The van der Waals surface area contributed by atoms with Gasteiger partial charge in [0.05, 0.1) is 19.5 Å². The maximum atomic E-state index is 12.7. The molecule has 1 aromatic carbocycles. The second-order valence-corrected chi connectivity index (χ2v) is 6.83. The van der Waals surface area contributed by atoms with Gasteiger partial charge in [0.2, 0.25) is 5.88 Å². The summed E-state index contributed by atoms with van der Waals surface area (Å²) in [5.41, 5.74) is 1.88. The molecule has 3 rings (SSSR count). The first-order chi connectivity index (χ1) is 11.6. The van der Waals surface area contributed by atoms with Crippen LogP contribution < -0.4 is 9.64 Å². The maximum absolute atomic E-state index is 12.7. The second-order valence-electron chi connectivity index (χ2n) is 5.66. The van der Waals surface area contributed by atoms with Crippen molar-refractivity contribution in [3.05, 3.63) is 45.3 Å². The predicted octanol–water partition coefficient (Wildman–Crippen LogP) is 2.36. The van der Waals surface area contributed by atoms with Crippen molar-refractivity contribution in [1.82, 2.24) is 14.9 Å². The van der Waals surface area contributed by atoms with Gasteiger partial charge in [0.25, 0.3) is 5.91 Å². The summed E-state index contributed by atoms with van der Waals surface area (Å²) in [5, 5.41) is 0. The molecule has 6 nitrogen and oxygen atoms in total. The van der Waals surface area contributed by atoms with Gasteiger partial charge in [0.1, 0.15) is 0 Å². The van der Waals surface area contributed by atoms with Gasteiger partial charge in [-0.05, 0) is 53.3 Å². The van der Waals surface area contributed by atoms with Crippen molar-refractivity contribution < 1.29 is 9.53 Å². The minimum atomic E-state index is 0.0888. The van der Waals surface area contributed by atoms with Gasteiger partial charge in [-0.1, -0.05) is 0 Å². The average Bonchev–Trinajstić information content (AvgIpc) is 2.63. The fourth-order valence-corrected chi connectivity index (χ4v) is 3.02. The molecule has 0 saturated carbocycles. The lowest BCUT2D eigenvalue weighted by atomic mass is 10.1. The Morgan fingerprint density at radius 3 is 2.62 bits per heavy atom. The number of hydrogen-bond acceptors (Lipinski definition) is 5. The molecule has 0 atom stereocenters. The zero-order chi connectivity index (χ0) is 17.1. The number of methoxy groups -OCH3 is 1. The highest BCUT2D eigenvalue weighted by molar-refractivity contribution is 14.1. The standard InChI is InChI=1S/C17H19IN4O2/c1-12-9-13(3-4-14(12)18)17(23)22-7-5-21(6-8-22)15-10-19-11-16(20-15)24-2/h3-4,9-11H,5-8H2,1-2H3. The van der Waals surface area contributed by atoms with Crippen LogP contribution in [0.5, 0.6) is 5.88 Å². The molecule has 1 saturated heterocycles. The number of halogens is 1. The Kier molecular flexibility index (Phi) is 5.17. The number of nitrogens with zero attached hydrogens (tertiary/aromatic N) is 4. The average molecular weight is 438 g/mol. The normalized spacial score (nSPS) is 14.6. The predicted molar refractivity (Wildman–Crippen MR) is 101 cm³/mol. The molecule has 2 heterocycles. The topological polar surface area (TPSA) is 58.6 Å². The summed E-state index contributed by atoms with van der Waals surface area (Å²) in [4.78, 5) is 25.2. The summed E-state index contributed by atoms with van der Waals surface area (Å²) < 4.78 is 6.29. The number of carbonyl (C=O) groups is 1. The number of aromatic nitrogens is 2. The molecular formula is C17H19IN4O2. The molecule has 1 fully saturated rings. The molecule has 0 unspecified atom stereocenters. The van der Waals surface area contributed by atoms with Crippen molar-refractivity contribution in [3.8, 4) is 5.88 Å². The lowest BCUT2D eigenvalue weighted by Gasteiger charge is -2.35. The van der Waals surface area contributed by atoms with Crippen molar-refractivity contribution in [2.45, 2.75) is 6.92 Å². The Balaban J connectivity index is 1.65. The van der Waals surface area contributed by atoms with E-state index >= 15 is 0 Å². The number of rotatable bonds is 3. The Labute approximate surface area is 155 Å². The number of carbonyl (C=O) groups excluding carboxylic acids is 1. The molecule has 2 aromatic rings. The fourth-order valence-electron chi connectivity index (χ4n) is 2.69. The summed E-state index contributed by atoms with van der Waals surface area (Å²) in [6, 6.07) is 5.85. The lowest BCUT2D eigenvalue weighted by Crippen LogP contribution is -2.49. The van der Waals surface area contributed by atoms with Crippen LogP contribution >= 0.6 is 22.6 Å². The number of amides is 1. The number of piperazine rings is 1. The molecule has 126 valence electrons. The van der Waals surface area contributed by atoms with E-state index in [1.807, 2.05) is 30.0 Å². The van der Waals surface area contributed by atoms with Crippen LogP contribution in [0.1, 0.15) is 15.9 Å². The number of hydrogen-bond donors (Lipinski definition) is 0. The third kappa shape index (κ3) is 3.61. The van der Waals surface area contributed by atoms with Crippen molar-refractivity contribution >= 4 is 34.3 Å². The molecule has 0 aliphatic carbocycles. The zero-order valence-electron chi connectivity index (χ0n) is 13.7. The van der Waals surface area contributed by atoms with Crippen LogP contribution in [0.15, 0.2) is 30.6 Å². The molecule has 1 aliphatic heterocycles. The van der Waals surface area contributed by atoms with Gasteiger partial charge in [0.15, 0.2) is 5.82 Å². The summed E-state index contributed by atoms with van der Waals surface area (Å²) in [6.07, 6.45) is 3.31. The molecule has 0 spiro atoms. The van der Waals surface area contributed by atoms with Gasteiger partial charge in [-0.25, -0.2) is 0 Å². The molecule has 1 aliphatic rings. The Hall–Kier alpha value is -1.90. The van der Waals surface area contributed by atoms with Gasteiger partial charge in [-0.2, -0.15) is 4.98 Å². The minimum Gasteiger partial charge on any atom is -0.480 e. The Morgan fingerprint density at radius 2 is 1.96 bits per heavy atom. The SMILES string of the molecule is COc1cncc(N2CCN(C(=O)c3ccc(I)c(C)c3)CC2)n1. The zero-order valence-corrected chi connectivity index (χ0v) is 15.9. The fraction of sp³-hybridized carbons (Fsp3) is 0.353. The van der Waals surface area contributed by atoms with E-state index in [-0.39, 0.29) is 5.91 Å². The minimum absolute atomic E-state index is 0.0888. The van der Waals surface area contributed by atoms with E-state index in [9.17, 15) is 4.79 Å². The second kappa shape index (κ2) is 7.33. The third-order valence-electron chi connectivity index (χ3n) is 4.10. The van der Waals surface area contributed by atoms with Crippen molar-refractivity contribution in [2.24, 2.45) is 0 Å². The van der Waals surface area contributed by atoms with E-state index in [0.717, 1.165) is 30.0 Å². The molecule has 0 bridgehead atoms. The Bertz CT molecular complexity index is 745. The summed E-state index contributed by atoms with van der Waals surface area (Å²) in [6.45, 7) is 4.83. The molecule has 1 amide bonds. The number of anilines is 1. The van der Waals surface area contributed by atoms with Crippen molar-refractivity contribution in [1.29, 1.82) is 0 Å². The van der Waals surface area contributed by atoms with Gasteiger partial charge < -0.3 is 14.5 Å². The first-order valence-electron chi connectivity index (χ1n) is 7.75. The van der Waals surface area contributed by atoms with E-state index in [4.69, 9.17) is 4.74 Å². The van der Waals surface area contributed by atoms with E-state index in [2.05, 4.69) is 37.5 Å². The number of benzene rings is 1. The van der Waals surface area contributed by atoms with Gasteiger partial charge in [0, 0.05) is 35.3 Å².